The standard InChI is InChI=1S/C12H14N4.HI/c13-8-10-2-4-11(5-3-10)9-16-12-14-6-1-7-15-12;/h2-5H,1,6-7,9H2,(H2,14,15,16);1H. The summed E-state index contributed by atoms with van der Waals surface area (Å²) in [5, 5.41) is 15.1. The van der Waals surface area contributed by atoms with E-state index in [0.29, 0.717) is 5.56 Å². The molecule has 0 amide bonds. The molecule has 0 bridgehead atoms. The van der Waals surface area contributed by atoms with E-state index in [-0.39, 0.29) is 24.0 Å². The van der Waals surface area contributed by atoms with E-state index in [0.717, 1.165) is 37.6 Å². The van der Waals surface area contributed by atoms with Gasteiger partial charge in [-0.25, -0.2) is 0 Å². The second-order valence-corrected chi connectivity index (χ2v) is 3.67. The Hall–Kier alpha value is -1.29. The zero-order valence-corrected chi connectivity index (χ0v) is 11.8. The molecule has 0 aliphatic carbocycles. The van der Waals surface area contributed by atoms with Crippen molar-refractivity contribution in [2.45, 2.75) is 13.0 Å². The fourth-order valence-electron chi connectivity index (χ4n) is 1.53. The third kappa shape index (κ3) is 4.23. The molecule has 1 aromatic carbocycles. The summed E-state index contributed by atoms with van der Waals surface area (Å²) in [6.07, 6.45) is 1.10. The summed E-state index contributed by atoms with van der Waals surface area (Å²) in [6, 6.07) is 9.66. The zero-order valence-electron chi connectivity index (χ0n) is 9.44. The Morgan fingerprint density at radius 2 is 2.12 bits per heavy atom. The van der Waals surface area contributed by atoms with Crippen LogP contribution in [0.15, 0.2) is 29.3 Å². The van der Waals surface area contributed by atoms with Crippen LogP contribution in [0, 0.1) is 11.3 Å². The fourth-order valence-corrected chi connectivity index (χ4v) is 1.53. The summed E-state index contributed by atoms with van der Waals surface area (Å²) in [5.41, 5.74) is 1.84. The Balaban J connectivity index is 0.00000144. The van der Waals surface area contributed by atoms with E-state index < -0.39 is 0 Å². The number of halogens is 1. The van der Waals surface area contributed by atoms with Crippen molar-refractivity contribution >= 4 is 29.9 Å². The quantitative estimate of drug-likeness (QED) is 0.803. The maximum atomic E-state index is 8.67. The molecule has 5 heteroatoms. The van der Waals surface area contributed by atoms with Gasteiger partial charge in [-0.15, -0.1) is 24.0 Å². The number of guanidine groups is 1. The lowest BCUT2D eigenvalue weighted by Crippen LogP contribution is -2.40. The van der Waals surface area contributed by atoms with Crippen LogP contribution in [0.5, 0.6) is 0 Å². The first-order valence-corrected chi connectivity index (χ1v) is 5.40. The first-order valence-electron chi connectivity index (χ1n) is 5.40. The SMILES string of the molecule is I.N#Cc1ccc(CNC2=NCCCN2)cc1. The van der Waals surface area contributed by atoms with Gasteiger partial charge in [0, 0.05) is 19.6 Å². The lowest BCUT2D eigenvalue weighted by atomic mass is 10.1. The molecule has 1 aromatic rings. The summed E-state index contributed by atoms with van der Waals surface area (Å²) in [7, 11) is 0. The lowest BCUT2D eigenvalue weighted by molar-refractivity contribution is 0.702. The molecular weight excluding hydrogens is 327 g/mol. The summed E-state index contributed by atoms with van der Waals surface area (Å²) < 4.78 is 0. The van der Waals surface area contributed by atoms with E-state index in [4.69, 9.17) is 5.26 Å². The average Bonchev–Trinajstić information content (AvgIpc) is 2.38. The molecule has 1 heterocycles. The van der Waals surface area contributed by atoms with Gasteiger partial charge in [0.1, 0.15) is 0 Å². The zero-order chi connectivity index (χ0) is 11.2. The van der Waals surface area contributed by atoms with Crippen LogP contribution in [0.25, 0.3) is 0 Å². The Morgan fingerprint density at radius 1 is 1.35 bits per heavy atom. The number of hydrogen-bond acceptors (Lipinski definition) is 4. The van der Waals surface area contributed by atoms with Crippen LogP contribution < -0.4 is 10.6 Å². The van der Waals surface area contributed by atoms with E-state index in [9.17, 15) is 0 Å². The van der Waals surface area contributed by atoms with Crippen LogP contribution in [0.2, 0.25) is 0 Å². The second kappa shape index (κ2) is 7.12. The molecule has 2 N–H and O–H groups in total. The predicted molar refractivity (Wildman–Crippen MR) is 78.3 cm³/mol. The van der Waals surface area contributed by atoms with Crippen molar-refractivity contribution in [3.05, 3.63) is 35.4 Å². The van der Waals surface area contributed by atoms with E-state index in [1.807, 2.05) is 24.3 Å². The van der Waals surface area contributed by atoms with Crippen molar-refractivity contribution in [3.8, 4) is 6.07 Å². The third-order valence-corrected chi connectivity index (χ3v) is 2.44. The molecule has 90 valence electrons. The van der Waals surface area contributed by atoms with Crippen LogP contribution in [0.3, 0.4) is 0 Å². The predicted octanol–water partition coefficient (Wildman–Crippen LogP) is 1.62. The lowest BCUT2D eigenvalue weighted by Gasteiger charge is -2.15. The summed E-state index contributed by atoms with van der Waals surface area (Å²) in [5.74, 6) is 0.871. The van der Waals surface area contributed by atoms with Gasteiger partial charge in [-0.1, -0.05) is 12.1 Å². The van der Waals surface area contributed by atoms with Crippen molar-refractivity contribution in [3.63, 3.8) is 0 Å². The van der Waals surface area contributed by atoms with E-state index in [1.165, 1.54) is 0 Å². The highest BCUT2D eigenvalue weighted by molar-refractivity contribution is 14.0. The molecule has 2 rings (SSSR count). The second-order valence-electron chi connectivity index (χ2n) is 3.67. The molecule has 0 radical (unpaired) electrons. The molecule has 0 unspecified atom stereocenters. The van der Waals surface area contributed by atoms with Crippen LogP contribution in [-0.2, 0) is 6.54 Å². The minimum atomic E-state index is 0. The van der Waals surface area contributed by atoms with Crippen molar-refractivity contribution in [2.24, 2.45) is 4.99 Å². The number of nitrogens with zero attached hydrogens (tertiary/aromatic N) is 2. The minimum absolute atomic E-state index is 0. The number of nitriles is 1. The number of aliphatic imine (C=N–C) groups is 1. The maximum Gasteiger partial charge on any atom is 0.191 e. The third-order valence-electron chi connectivity index (χ3n) is 2.44. The molecule has 1 aliphatic heterocycles. The highest BCUT2D eigenvalue weighted by Crippen LogP contribution is 2.02. The Kier molecular flexibility index (Phi) is 5.77. The van der Waals surface area contributed by atoms with Crippen LogP contribution >= 0.6 is 24.0 Å². The molecular formula is C12H15IN4. The molecule has 0 saturated carbocycles. The highest BCUT2D eigenvalue weighted by atomic mass is 127. The Bertz CT molecular complexity index is 419. The molecule has 17 heavy (non-hydrogen) atoms. The van der Waals surface area contributed by atoms with E-state index in [2.05, 4.69) is 21.7 Å². The van der Waals surface area contributed by atoms with Crippen molar-refractivity contribution in [2.75, 3.05) is 13.1 Å². The number of hydrogen-bond donors (Lipinski definition) is 2. The first-order chi connectivity index (χ1) is 7.88. The topological polar surface area (TPSA) is 60.2 Å². The Labute approximate surface area is 118 Å². The van der Waals surface area contributed by atoms with Gasteiger partial charge in [-0.05, 0) is 24.1 Å². The molecule has 0 aromatic heterocycles. The van der Waals surface area contributed by atoms with Gasteiger partial charge in [0.05, 0.1) is 11.6 Å². The number of rotatable bonds is 2. The minimum Gasteiger partial charge on any atom is -0.356 e. The Morgan fingerprint density at radius 3 is 2.71 bits per heavy atom. The molecule has 1 aliphatic rings. The average molecular weight is 342 g/mol. The van der Waals surface area contributed by atoms with Crippen molar-refractivity contribution < 1.29 is 0 Å². The van der Waals surface area contributed by atoms with Gasteiger partial charge < -0.3 is 10.6 Å². The van der Waals surface area contributed by atoms with Gasteiger partial charge in [0.2, 0.25) is 0 Å². The maximum absolute atomic E-state index is 8.67. The molecule has 0 saturated heterocycles. The highest BCUT2D eigenvalue weighted by Gasteiger charge is 2.02. The smallest absolute Gasteiger partial charge is 0.191 e. The molecule has 0 atom stereocenters. The van der Waals surface area contributed by atoms with Crippen LogP contribution in [0.1, 0.15) is 17.5 Å². The summed E-state index contributed by atoms with van der Waals surface area (Å²) in [6.45, 7) is 2.61. The largest absolute Gasteiger partial charge is 0.356 e. The van der Waals surface area contributed by atoms with E-state index in [1.54, 1.807) is 0 Å². The van der Waals surface area contributed by atoms with Gasteiger partial charge in [0.25, 0.3) is 0 Å². The normalized spacial score (nSPS) is 13.7. The monoisotopic (exact) mass is 342 g/mol. The van der Waals surface area contributed by atoms with Crippen molar-refractivity contribution in [1.82, 2.24) is 10.6 Å². The number of nitrogens with one attached hydrogen (secondary N) is 2. The molecule has 0 spiro atoms. The summed E-state index contributed by atoms with van der Waals surface area (Å²) >= 11 is 0. The molecule has 4 nitrogen and oxygen atoms in total. The van der Waals surface area contributed by atoms with Crippen molar-refractivity contribution in [1.29, 1.82) is 5.26 Å². The van der Waals surface area contributed by atoms with Gasteiger partial charge >= 0.3 is 0 Å². The number of benzene rings is 1. The van der Waals surface area contributed by atoms with Gasteiger partial charge in [0.15, 0.2) is 5.96 Å². The van der Waals surface area contributed by atoms with Gasteiger partial charge in [-0.2, -0.15) is 5.26 Å². The summed E-state index contributed by atoms with van der Waals surface area (Å²) in [4.78, 5) is 4.32. The fraction of sp³-hybridized carbons (Fsp3) is 0.333. The van der Waals surface area contributed by atoms with E-state index >= 15 is 0 Å². The first kappa shape index (κ1) is 13.8. The van der Waals surface area contributed by atoms with Gasteiger partial charge in [-0.3, -0.25) is 4.99 Å². The molecule has 0 fully saturated rings. The van der Waals surface area contributed by atoms with Crippen LogP contribution in [0.4, 0.5) is 0 Å². The van der Waals surface area contributed by atoms with Crippen LogP contribution in [-0.4, -0.2) is 19.0 Å².